The number of benzene rings is 1. The van der Waals surface area contributed by atoms with Gasteiger partial charge in [0.15, 0.2) is 0 Å². The van der Waals surface area contributed by atoms with Gasteiger partial charge in [0, 0.05) is 18.1 Å². The molecule has 0 radical (unpaired) electrons. The van der Waals surface area contributed by atoms with Gasteiger partial charge in [-0.15, -0.1) is 0 Å². The molecule has 0 bridgehead atoms. The van der Waals surface area contributed by atoms with Gasteiger partial charge in [-0.25, -0.2) is 0 Å². The second kappa shape index (κ2) is 6.70. The zero-order chi connectivity index (χ0) is 14.5. The monoisotopic (exact) mass is 279 g/mol. The summed E-state index contributed by atoms with van der Waals surface area (Å²) < 4.78 is 5.30. The van der Waals surface area contributed by atoms with Crippen LogP contribution in [0.15, 0.2) is 18.2 Å². The summed E-state index contributed by atoms with van der Waals surface area (Å²) in [6.45, 7) is 3.03. The molecule has 0 amide bonds. The number of nitro groups is 1. The molecule has 110 valence electrons. The maximum absolute atomic E-state index is 10.9. The highest BCUT2D eigenvalue weighted by molar-refractivity contribution is 5.43. The molecule has 0 unspecified atom stereocenters. The molecule has 20 heavy (non-hydrogen) atoms. The van der Waals surface area contributed by atoms with E-state index in [9.17, 15) is 10.1 Å². The van der Waals surface area contributed by atoms with Gasteiger partial charge >= 0.3 is 0 Å². The fourth-order valence-corrected chi connectivity index (χ4v) is 3.01. The molecule has 0 spiro atoms. The Balaban J connectivity index is 2.07. The molecule has 0 saturated heterocycles. The fourth-order valence-electron chi connectivity index (χ4n) is 3.01. The summed E-state index contributed by atoms with van der Waals surface area (Å²) in [5.41, 5.74) is 1.03. The highest BCUT2D eigenvalue weighted by atomic mass is 16.6. The maximum Gasteiger partial charge on any atom is 0.270 e. The molecule has 0 heterocycles. The van der Waals surface area contributed by atoms with E-state index in [4.69, 9.17) is 4.74 Å². The van der Waals surface area contributed by atoms with Gasteiger partial charge in [0.05, 0.1) is 23.6 Å². The Hall–Kier alpha value is -1.62. The van der Waals surface area contributed by atoms with Gasteiger partial charge in [0.2, 0.25) is 0 Å². The number of hydrogen-bond acceptors (Lipinski definition) is 3. The van der Waals surface area contributed by atoms with Crippen molar-refractivity contribution < 1.29 is 15.0 Å². The molecule has 1 saturated carbocycles. The lowest BCUT2D eigenvalue weighted by Gasteiger charge is -2.26. The van der Waals surface area contributed by atoms with E-state index in [0.717, 1.165) is 17.9 Å². The Morgan fingerprint density at radius 3 is 2.80 bits per heavy atom. The van der Waals surface area contributed by atoms with Crippen LogP contribution in [-0.4, -0.2) is 18.1 Å². The van der Waals surface area contributed by atoms with Crippen LogP contribution in [0.3, 0.4) is 0 Å². The number of nitro benzene ring substituents is 1. The van der Waals surface area contributed by atoms with Gasteiger partial charge in [-0.2, -0.15) is 0 Å². The van der Waals surface area contributed by atoms with Crippen molar-refractivity contribution >= 4 is 5.69 Å². The average Bonchev–Trinajstić information content (AvgIpc) is 2.46. The molecular formula is C15H23N2O3+. The number of quaternary nitrogens is 1. The van der Waals surface area contributed by atoms with E-state index in [1.54, 1.807) is 19.2 Å². The van der Waals surface area contributed by atoms with Crippen molar-refractivity contribution in [2.24, 2.45) is 5.92 Å². The van der Waals surface area contributed by atoms with Crippen molar-refractivity contribution in [3.63, 3.8) is 0 Å². The maximum atomic E-state index is 10.9. The topological polar surface area (TPSA) is 69.0 Å². The van der Waals surface area contributed by atoms with Crippen LogP contribution in [0, 0.1) is 16.0 Å². The number of methoxy groups -OCH3 is 1. The summed E-state index contributed by atoms with van der Waals surface area (Å²) in [5.74, 6) is 1.45. The van der Waals surface area contributed by atoms with Gasteiger partial charge in [0.25, 0.3) is 5.69 Å². The SMILES string of the molecule is COc1ccc([N+](=O)[O-])cc1C[NH2+][C@@H]1CCCC[C@@H]1C. The predicted octanol–water partition coefficient (Wildman–Crippen LogP) is 2.25. The van der Waals surface area contributed by atoms with Crippen molar-refractivity contribution in [2.45, 2.75) is 45.2 Å². The second-order valence-corrected chi connectivity index (χ2v) is 5.62. The Kier molecular flexibility index (Phi) is 4.95. The second-order valence-electron chi connectivity index (χ2n) is 5.62. The predicted molar refractivity (Wildman–Crippen MR) is 76.7 cm³/mol. The average molecular weight is 279 g/mol. The van der Waals surface area contributed by atoms with E-state index < -0.39 is 0 Å². The molecule has 0 aliphatic heterocycles. The summed E-state index contributed by atoms with van der Waals surface area (Å²) in [7, 11) is 1.61. The molecule has 5 heteroatoms. The zero-order valence-corrected chi connectivity index (χ0v) is 12.2. The van der Waals surface area contributed by atoms with Crippen LogP contribution < -0.4 is 10.1 Å². The molecule has 1 aliphatic carbocycles. The first-order valence-corrected chi connectivity index (χ1v) is 7.26. The first kappa shape index (κ1) is 14.8. The third-order valence-electron chi connectivity index (χ3n) is 4.29. The number of hydrogen-bond donors (Lipinski definition) is 1. The minimum Gasteiger partial charge on any atom is -0.496 e. The summed E-state index contributed by atoms with van der Waals surface area (Å²) in [6, 6.07) is 5.42. The van der Waals surface area contributed by atoms with Crippen LogP contribution in [0.1, 0.15) is 38.2 Å². The molecule has 1 fully saturated rings. The lowest BCUT2D eigenvalue weighted by molar-refractivity contribution is -0.712. The number of nitrogens with two attached hydrogens (primary N) is 1. The first-order valence-electron chi connectivity index (χ1n) is 7.26. The molecule has 2 N–H and O–H groups in total. The highest BCUT2D eigenvalue weighted by Gasteiger charge is 2.24. The van der Waals surface area contributed by atoms with Gasteiger partial charge < -0.3 is 10.1 Å². The van der Waals surface area contributed by atoms with Crippen molar-refractivity contribution in [2.75, 3.05) is 7.11 Å². The van der Waals surface area contributed by atoms with Crippen molar-refractivity contribution in [3.8, 4) is 5.75 Å². The smallest absolute Gasteiger partial charge is 0.270 e. The van der Waals surface area contributed by atoms with Crippen molar-refractivity contribution in [1.29, 1.82) is 0 Å². The van der Waals surface area contributed by atoms with Crippen LogP contribution in [-0.2, 0) is 6.54 Å². The standard InChI is InChI=1S/C15H22N2O3/c1-11-5-3-4-6-14(11)16-10-12-9-13(17(18)19)7-8-15(12)20-2/h7-9,11,14,16H,3-6,10H2,1-2H3/p+1/t11-,14+/m0/s1. The summed E-state index contributed by atoms with van der Waals surface area (Å²) in [5, 5.41) is 13.2. The Morgan fingerprint density at radius 1 is 1.40 bits per heavy atom. The first-order chi connectivity index (χ1) is 9.61. The van der Waals surface area contributed by atoms with E-state index in [1.807, 2.05) is 0 Å². The van der Waals surface area contributed by atoms with Gasteiger partial charge in [-0.1, -0.05) is 13.3 Å². The zero-order valence-electron chi connectivity index (χ0n) is 12.2. The van der Waals surface area contributed by atoms with Crippen LogP contribution >= 0.6 is 0 Å². The van der Waals surface area contributed by atoms with E-state index in [2.05, 4.69) is 12.2 Å². The van der Waals surface area contributed by atoms with Crippen LogP contribution in [0.4, 0.5) is 5.69 Å². The normalized spacial score (nSPS) is 22.5. The third kappa shape index (κ3) is 3.48. The Morgan fingerprint density at radius 2 is 2.15 bits per heavy atom. The number of ether oxygens (including phenoxy) is 1. The van der Waals surface area contributed by atoms with Crippen molar-refractivity contribution in [3.05, 3.63) is 33.9 Å². The summed E-state index contributed by atoms with van der Waals surface area (Å²) in [6.07, 6.45) is 5.13. The Labute approximate surface area is 119 Å². The highest BCUT2D eigenvalue weighted by Crippen LogP contribution is 2.24. The quantitative estimate of drug-likeness (QED) is 0.664. The minimum absolute atomic E-state index is 0.130. The molecule has 1 aromatic rings. The summed E-state index contributed by atoms with van der Waals surface area (Å²) in [4.78, 5) is 10.5. The van der Waals surface area contributed by atoms with Crippen LogP contribution in [0.25, 0.3) is 0 Å². The molecular weight excluding hydrogens is 256 g/mol. The van der Waals surface area contributed by atoms with Crippen molar-refractivity contribution in [1.82, 2.24) is 0 Å². The van der Waals surface area contributed by atoms with E-state index in [0.29, 0.717) is 12.0 Å². The minimum atomic E-state index is -0.355. The van der Waals surface area contributed by atoms with Crippen LogP contribution in [0.5, 0.6) is 5.75 Å². The van der Waals surface area contributed by atoms with Gasteiger partial charge in [-0.05, 0) is 25.3 Å². The molecule has 1 aliphatic rings. The van der Waals surface area contributed by atoms with Gasteiger partial charge in [-0.3, -0.25) is 10.1 Å². The molecule has 0 aromatic heterocycles. The Bertz CT molecular complexity index is 476. The molecule has 5 nitrogen and oxygen atoms in total. The van der Waals surface area contributed by atoms with E-state index >= 15 is 0 Å². The summed E-state index contributed by atoms with van der Waals surface area (Å²) >= 11 is 0. The van der Waals surface area contributed by atoms with Gasteiger partial charge in [0.1, 0.15) is 12.3 Å². The number of nitrogens with zero attached hydrogens (tertiary/aromatic N) is 1. The van der Waals surface area contributed by atoms with E-state index in [-0.39, 0.29) is 10.6 Å². The lowest BCUT2D eigenvalue weighted by atomic mass is 9.86. The third-order valence-corrected chi connectivity index (χ3v) is 4.29. The largest absolute Gasteiger partial charge is 0.496 e. The van der Waals surface area contributed by atoms with Crippen LogP contribution in [0.2, 0.25) is 0 Å². The fraction of sp³-hybridized carbons (Fsp3) is 0.600. The molecule has 2 atom stereocenters. The molecule has 1 aromatic carbocycles. The van der Waals surface area contributed by atoms with E-state index in [1.165, 1.54) is 31.7 Å². The molecule has 2 rings (SSSR count). The lowest BCUT2D eigenvalue weighted by Crippen LogP contribution is -2.90. The number of rotatable bonds is 5. The number of non-ortho nitro benzene ring substituents is 1.